The minimum Gasteiger partial charge on any atom is -0.329 e. The first kappa shape index (κ1) is 10.4. The first-order chi connectivity index (χ1) is 6.68. The van der Waals surface area contributed by atoms with E-state index in [9.17, 15) is 0 Å². The quantitative estimate of drug-likeness (QED) is 0.723. The van der Waals surface area contributed by atoms with Crippen LogP contribution in [-0.2, 0) is 0 Å². The third-order valence-electron chi connectivity index (χ3n) is 4.44. The highest BCUT2D eigenvalue weighted by molar-refractivity contribution is 5.02. The zero-order valence-corrected chi connectivity index (χ0v) is 9.55. The van der Waals surface area contributed by atoms with E-state index in [0.717, 1.165) is 24.4 Å². The van der Waals surface area contributed by atoms with Gasteiger partial charge in [-0.15, -0.1) is 0 Å². The van der Waals surface area contributed by atoms with Gasteiger partial charge in [-0.05, 0) is 31.1 Å². The van der Waals surface area contributed by atoms with Crippen molar-refractivity contribution in [3.05, 3.63) is 0 Å². The van der Waals surface area contributed by atoms with Crippen LogP contribution >= 0.6 is 0 Å². The molecule has 0 aromatic rings. The Labute approximate surface area is 87.6 Å². The Morgan fingerprint density at radius 3 is 2.57 bits per heavy atom. The van der Waals surface area contributed by atoms with Gasteiger partial charge in [0.05, 0.1) is 0 Å². The minimum absolute atomic E-state index is 0.263. The molecule has 2 aliphatic rings. The topological polar surface area (TPSA) is 38.0 Å². The number of nitrogens with one attached hydrogen (secondary N) is 1. The van der Waals surface area contributed by atoms with Crippen molar-refractivity contribution >= 4 is 0 Å². The lowest BCUT2D eigenvalue weighted by Crippen LogP contribution is -2.59. The van der Waals surface area contributed by atoms with E-state index >= 15 is 0 Å². The summed E-state index contributed by atoms with van der Waals surface area (Å²) >= 11 is 0. The summed E-state index contributed by atoms with van der Waals surface area (Å²) in [6, 6.07) is 0.784. The van der Waals surface area contributed by atoms with Crippen molar-refractivity contribution in [3.63, 3.8) is 0 Å². The number of hydrogen-bond acceptors (Lipinski definition) is 2. The largest absolute Gasteiger partial charge is 0.329 e. The average molecular weight is 196 g/mol. The van der Waals surface area contributed by atoms with E-state index in [1.807, 2.05) is 0 Å². The van der Waals surface area contributed by atoms with Crippen LogP contribution < -0.4 is 11.1 Å². The molecule has 2 aliphatic carbocycles. The monoisotopic (exact) mass is 196 g/mol. The van der Waals surface area contributed by atoms with Crippen LogP contribution in [0.3, 0.4) is 0 Å². The van der Waals surface area contributed by atoms with Crippen molar-refractivity contribution in [2.75, 3.05) is 6.54 Å². The van der Waals surface area contributed by atoms with Crippen molar-refractivity contribution < 1.29 is 0 Å². The summed E-state index contributed by atoms with van der Waals surface area (Å²) in [6.45, 7) is 5.57. The molecule has 0 aliphatic heterocycles. The van der Waals surface area contributed by atoms with Gasteiger partial charge in [0, 0.05) is 18.1 Å². The van der Waals surface area contributed by atoms with Crippen molar-refractivity contribution in [2.45, 2.75) is 57.5 Å². The van der Waals surface area contributed by atoms with Gasteiger partial charge < -0.3 is 11.1 Å². The molecule has 0 aromatic carbocycles. The van der Waals surface area contributed by atoms with Gasteiger partial charge in [0.1, 0.15) is 0 Å². The maximum Gasteiger partial charge on any atom is 0.0334 e. The van der Waals surface area contributed by atoms with Crippen LogP contribution in [0.5, 0.6) is 0 Å². The summed E-state index contributed by atoms with van der Waals surface area (Å²) < 4.78 is 0. The molecular weight excluding hydrogens is 172 g/mol. The van der Waals surface area contributed by atoms with E-state index in [1.165, 1.54) is 32.1 Å². The van der Waals surface area contributed by atoms with Crippen molar-refractivity contribution in [3.8, 4) is 0 Å². The predicted octanol–water partition coefficient (Wildman–Crippen LogP) is 1.89. The third-order valence-corrected chi connectivity index (χ3v) is 4.44. The lowest BCUT2D eigenvalue weighted by atomic mass is 9.68. The predicted molar refractivity (Wildman–Crippen MR) is 60.1 cm³/mol. The van der Waals surface area contributed by atoms with Crippen LogP contribution in [0, 0.1) is 11.8 Å². The van der Waals surface area contributed by atoms with Crippen molar-refractivity contribution in [2.24, 2.45) is 17.6 Å². The fourth-order valence-electron chi connectivity index (χ4n) is 2.95. The Hall–Kier alpha value is -0.0800. The Balaban J connectivity index is 2.06. The SMILES string of the molecule is CC1CCCC(CN)(NC2CC2)C1C. The van der Waals surface area contributed by atoms with E-state index in [2.05, 4.69) is 19.2 Å². The molecule has 2 rings (SSSR count). The summed E-state index contributed by atoms with van der Waals surface area (Å²) in [5, 5.41) is 3.81. The van der Waals surface area contributed by atoms with Crippen LogP contribution in [0.4, 0.5) is 0 Å². The average Bonchev–Trinajstić information content (AvgIpc) is 2.97. The lowest BCUT2D eigenvalue weighted by Gasteiger charge is -2.46. The second-order valence-corrected chi connectivity index (χ2v) is 5.44. The fourth-order valence-corrected chi connectivity index (χ4v) is 2.95. The van der Waals surface area contributed by atoms with Crippen LogP contribution in [0.2, 0.25) is 0 Å². The highest BCUT2D eigenvalue weighted by Crippen LogP contribution is 2.39. The highest BCUT2D eigenvalue weighted by Gasteiger charge is 2.43. The van der Waals surface area contributed by atoms with Gasteiger partial charge in [0.25, 0.3) is 0 Å². The van der Waals surface area contributed by atoms with E-state index in [-0.39, 0.29) is 5.54 Å². The smallest absolute Gasteiger partial charge is 0.0334 e. The highest BCUT2D eigenvalue weighted by atomic mass is 15.1. The summed E-state index contributed by atoms with van der Waals surface area (Å²) in [7, 11) is 0. The molecule has 3 N–H and O–H groups in total. The molecule has 14 heavy (non-hydrogen) atoms. The van der Waals surface area contributed by atoms with Crippen LogP contribution in [0.1, 0.15) is 46.0 Å². The Kier molecular flexibility index (Phi) is 2.85. The molecule has 2 heteroatoms. The number of hydrogen-bond donors (Lipinski definition) is 2. The van der Waals surface area contributed by atoms with Gasteiger partial charge in [-0.25, -0.2) is 0 Å². The first-order valence-electron chi connectivity index (χ1n) is 6.16. The Bertz CT molecular complexity index is 200. The van der Waals surface area contributed by atoms with E-state index in [1.54, 1.807) is 0 Å². The van der Waals surface area contributed by atoms with Gasteiger partial charge in [-0.1, -0.05) is 26.7 Å². The molecule has 0 spiro atoms. The maximum absolute atomic E-state index is 6.00. The molecular formula is C12H24N2. The van der Waals surface area contributed by atoms with Gasteiger partial charge in [0.2, 0.25) is 0 Å². The zero-order chi connectivity index (χ0) is 10.2. The molecule has 0 radical (unpaired) electrons. The van der Waals surface area contributed by atoms with E-state index in [4.69, 9.17) is 5.73 Å². The molecule has 2 saturated carbocycles. The third kappa shape index (κ3) is 1.82. The molecule has 0 heterocycles. The standard InChI is InChI=1S/C12H24N2/c1-9-4-3-7-12(8-13,10(9)2)14-11-5-6-11/h9-11,14H,3-8,13H2,1-2H3. The molecule has 0 saturated heterocycles. The number of rotatable bonds is 3. The second-order valence-electron chi connectivity index (χ2n) is 5.44. The van der Waals surface area contributed by atoms with E-state index < -0.39 is 0 Å². The van der Waals surface area contributed by atoms with Crippen LogP contribution in [-0.4, -0.2) is 18.1 Å². The summed E-state index contributed by atoms with van der Waals surface area (Å²) in [5.41, 5.74) is 6.27. The lowest BCUT2D eigenvalue weighted by molar-refractivity contribution is 0.110. The second kappa shape index (κ2) is 3.82. The molecule has 0 amide bonds. The zero-order valence-electron chi connectivity index (χ0n) is 9.55. The molecule has 2 nitrogen and oxygen atoms in total. The Morgan fingerprint density at radius 2 is 2.00 bits per heavy atom. The maximum atomic E-state index is 6.00. The van der Waals surface area contributed by atoms with Crippen molar-refractivity contribution in [1.29, 1.82) is 0 Å². The first-order valence-corrected chi connectivity index (χ1v) is 6.16. The minimum atomic E-state index is 0.263. The molecule has 2 fully saturated rings. The summed E-state index contributed by atoms with van der Waals surface area (Å²) in [4.78, 5) is 0. The van der Waals surface area contributed by atoms with Gasteiger partial charge in [-0.2, -0.15) is 0 Å². The van der Waals surface area contributed by atoms with Crippen LogP contribution in [0.15, 0.2) is 0 Å². The Morgan fingerprint density at radius 1 is 1.29 bits per heavy atom. The normalized spacial score (nSPS) is 43.9. The molecule has 0 bridgehead atoms. The molecule has 82 valence electrons. The van der Waals surface area contributed by atoms with Gasteiger partial charge in [0.15, 0.2) is 0 Å². The molecule has 3 unspecified atom stereocenters. The summed E-state index contributed by atoms with van der Waals surface area (Å²) in [6.07, 6.45) is 6.74. The number of nitrogens with two attached hydrogens (primary N) is 1. The fraction of sp³-hybridized carbons (Fsp3) is 1.00. The molecule has 3 atom stereocenters. The van der Waals surface area contributed by atoms with Gasteiger partial charge in [-0.3, -0.25) is 0 Å². The molecule has 0 aromatic heterocycles. The van der Waals surface area contributed by atoms with E-state index in [0.29, 0.717) is 0 Å². The van der Waals surface area contributed by atoms with Gasteiger partial charge >= 0.3 is 0 Å². The van der Waals surface area contributed by atoms with Crippen LogP contribution in [0.25, 0.3) is 0 Å². The van der Waals surface area contributed by atoms with Crippen molar-refractivity contribution in [1.82, 2.24) is 5.32 Å². The summed E-state index contributed by atoms with van der Waals surface area (Å²) in [5.74, 6) is 1.57.